The summed E-state index contributed by atoms with van der Waals surface area (Å²) in [5.41, 5.74) is 1.70. The molecule has 28 heavy (non-hydrogen) atoms. The van der Waals surface area contributed by atoms with Crippen LogP contribution in [0.15, 0.2) is 24.3 Å². The van der Waals surface area contributed by atoms with Crippen molar-refractivity contribution in [3.8, 4) is 6.07 Å². The van der Waals surface area contributed by atoms with Gasteiger partial charge < -0.3 is 15.0 Å². The molecule has 0 bridgehead atoms. The first-order valence-corrected chi connectivity index (χ1v) is 11.1. The largest absolute Gasteiger partial charge is 0.378 e. The Morgan fingerprint density at radius 1 is 1.25 bits per heavy atom. The molecule has 0 atom stereocenters. The van der Waals surface area contributed by atoms with Crippen molar-refractivity contribution in [2.45, 2.75) is 26.2 Å². The standard InChI is InChI=1S/C19H28N4O4S/c1-2-23(28(25,26)15-5-3-4-10-20)16-19(24)21-17-6-8-18(9-7-17)22-11-13-27-14-12-22/h6-9H,2-5,11-16H2,1H3,(H,21,24). The number of carbonyl (C=O) groups is 1. The normalized spacial score (nSPS) is 14.7. The van der Waals surface area contributed by atoms with E-state index in [1.807, 2.05) is 30.3 Å². The molecule has 9 heteroatoms. The van der Waals surface area contributed by atoms with Crippen molar-refractivity contribution in [2.24, 2.45) is 0 Å². The topological polar surface area (TPSA) is 103 Å². The quantitative estimate of drug-likeness (QED) is 0.592. The molecule has 1 heterocycles. The highest BCUT2D eigenvalue weighted by Crippen LogP contribution is 2.19. The Hall–Kier alpha value is -2.15. The average molecular weight is 409 g/mol. The minimum absolute atomic E-state index is 0.0515. The molecule has 0 unspecified atom stereocenters. The Morgan fingerprint density at radius 2 is 1.93 bits per heavy atom. The number of nitrogens with zero attached hydrogens (tertiary/aromatic N) is 3. The SMILES string of the molecule is CCN(CC(=O)Nc1ccc(N2CCOCC2)cc1)S(=O)(=O)CCCCC#N. The summed E-state index contributed by atoms with van der Waals surface area (Å²) in [6.45, 7) is 4.79. The number of rotatable bonds is 10. The van der Waals surface area contributed by atoms with E-state index in [1.165, 1.54) is 4.31 Å². The Balaban J connectivity index is 1.88. The van der Waals surface area contributed by atoms with Crippen molar-refractivity contribution in [1.29, 1.82) is 5.26 Å². The van der Waals surface area contributed by atoms with Crippen molar-refractivity contribution >= 4 is 27.3 Å². The molecule has 8 nitrogen and oxygen atoms in total. The van der Waals surface area contributed by atoms with Crippen molar-refractivity contribution in [1.82, 2.24) is 4.31 Å². The molecule has 0 radical (unpaired) electrons. The van der Waals surface area contributed by atoms with Crippen molar-refractivity contribution in [3.63, 3.8) is 0 Å². The number of unbranched alkanes of at least 4 members (excludes halogenated alkanes) is 2. The number of ether oxygens (including phenoxy) is 1. The number of nitrogens with one attached hydrogen (secondary N) is 1. The number of likely N-dealkylation sites (N-methyl/N-ethyl adjacent to an activating group) is 1. The molecule has 1 aliphatic heterocycles. The summed E-state index contributed by atoms with van der Waals surface area (Å²) in [5.74, 6) is -0.425. The molecule has 1 N–H and O–H groups in total. The number of hydrogen-bond acceptors (Lipinski definition) is 6. The van der Waals surface area contributed by atoms with Gasteiger partial charge in [-0.05, 0) is 37.1 Å². The van der Waals surface area contributed by atoms with Crippen LogP contribution < -0.4 is 10.2 Å². The highest BCUT2D eigenvalue weighted by molar-refractivity contribution is 7.89. The highest BCUT2D eigenvalue weighted by atomic mass is 32.2. The van der Waals surface area contributed by atoms with Crippen molar-refractivity contribution in [3.05, 3.63) is 24.3 Å². The molecule has 2 rings (SSSR count). The lowest BCUT2D eigenvalue weighted by Gasteiger charge is -2.29. The number of carbonyl (C=O) groups excluding carboxylic acids is 1. The lowest BCUT2D eigenvalue weighted by Crippen LogP contribution is -2.39. The van der Waals surface area contributed by atoms with Gasteiger partial charge in [-0.3, -0.25) is 4.79 Å². The number of nitriles is 1. The molecule has 0 saturated carbocycles. The van der Waals surface area contributed by atoms with E-state index in [0.29, 0.717) is 38.2 Å². The van der Waals surface area contributed by atoms with Crippen LogP contribution in [0.2, 0.25) is 0 Å². The minimum atomic E-state index is -3.52. The number of sulfonamides is 1. The van der Waals surface area contributed by atoms with E-state index in [-0.39, 0.29) is 24.7 Å². The molecule has 1 aliphatic rings. The second-order valence-corrected chi connectivity index (χ2v) is 8.64. The zero-order valence-electron chi connectivity index (χ0n) is 16.3. The Morgan fingerprint density at radius 3 is 2.54 bits per heavy atom. The summed E-state index contributed by atoms with van der Waals surface area (Å²) >= 11 is 0. The van der Waals surface area contributed by atoms with Gasteiger partial charge in [0.05, 0.1) is 31.6 Å². The summed E-state index contributed by atoms with van der Waals surface area (Å²) in [4.78, 5) is 14.5. The van der Waals surface area contributed by atoms with Gasteiger partial charge in [0.2, 0.25) is 15.9 Å². The van der Waals surface area contributed by atoms with Crippen molar-refractivity contribution in [2.75, 3.05) is 55.4 Å². The molecule has 0 aliphatic carbocycles. The summed E-state index contributed by atoms with van der Waals surface area (Å²) in [7, 11) is -3.52. The van der Waals surface area contributed by atoms with Gasteiger partial charge in [0, 0.05) is 37.4 Å². The molecule has 0 spiro atoms. The van der Waals surface area contributed by atoms with E-state index in [1.54, 1.807) is 6.92 Å². The lowest BCUT2D eigenvalue weighted by molar-refractivity contribution is -0.116. The molecular formula is C19H28N4O4S. The second-order valence-electron chi connectivity index (χ2n) is 6.55. The van der Waals surface area contributed by atoms with Gasteiger partial charge in [0.1, 0.15) is 0 Å². The van der Waals surface area contributed by atoms with E-state index in [9.17, 15) is 13.2 Å². The van der Waals surface area contributed by atoms with Gasteiger partial charge in [-0.15, -0.1) is 0 Å². The van der Waals surface area contributed by atoms with Crippen LogP contribution >= 0.6 is 0 Å². The van der Waals surface area contributed by atoms with Crippen LogP contribution in [0.1, 0.15) is 26.2 Å². The monoisotopic (exact) mass is 408 g/mol. The number of anilines is 2. The summed E-state index contributed by atoms with van der Waals surface area (Å²) < 4.78 is 31.3. The molecule has 0 aromatic heterocycles. The number of amides is 1. The molecular weight excluding hydrogens is 380 g/mol. The van der Waals surface area contributed by atoms with Gasteiger partial charge >= 0.3 is 0 Å². The summed E-state index contributed by atoms with van der Waals surface area (Å²) in [5, 5.41) is 11.3. The molecule has 154 valence electrons. The zero-order chi connectivity index (χ0) is 20.4. The molecule has 1 amide bonds. The molecule has 1 saturated heterocycles. The minimum Gasteiger partial charge on any atom is -0.378 e. The Labute approximate surface area is 167 Å². The third-order valence-corrected chi connectivity index (χ3v) is 6.51. The summed E-state index contributed by atoms with van der Waals surface area (Å²) in [6, 6.07) is 9.50. The van der Waals surface area contributed by atoms with Crippen LogP contribution in [-0.2, 0) is 19.6 Å². The van der Waals surface area contributed by atoms with Crippen LogP contribution in [0.3, 0.4) is 0 Å². The fourth-order valence-corrected chi connectivity index (χ4v) is 4.50. The molecule has 1 fully saturated rings. The molecule has 1 aromatic rings. The van der Waals surface area contributed by atoms with Crippen LogP contribution in [-0.4, -0.2) is 63.8 Å². The first-order valence-electron chi connectivity index (χ1n) is 9.53. The van der Waals surface area contributed by atoms with E-state index in [0.717, 1.165) is 18.8 Å². The number of benzene rings is 1. The first-order chi connectivity index (χ1) is 13.5. The smallest absolute Gasteiger partial charge is 0.239 e. The number of morpholine rings is 1. The maximum atomic E-state index is 12.4. The van der Waals surface area contributed by atoms with Gasteiger partial charge in [-0.25, -0.2) is 8.42 Å². The van der Waals surface area contributed by atoms with Gasteiger partial charge in [0.15, 0.2) is 0 Å². The van der Waals surface area contributed by atoms with E-state index < -0.39 is 10.0 Å². The van der Waals surface area contributed by atoms with Crippen LogP contribution in [0.25, 0.3) is 0 Å². The number of hydrogen-bond donors (Lipinski definition) is 1. The maximum Gasteiger partial charge on any atom is 0.239 e. The van der Waals surface area contributed by atoms with Gasteiger partial charge in [-0.1, -0.05) is 6.92 Å². The molecule has 1 aromatic carbocycles. The fourth-order valence-electron chi connectivity index (χ4n) is 2.96. The van der Waals surface area contributed by atoms with Gasteiger partial charge in [-0.2, -0.15) is 9.57 Å². The summed E-state index contributed by atoms with van der Waals surface area (Å²) in [6.07, 6.45) is 1.29. The van der Waals surface area contributed by atoms with Crippen LogP contribution in [0.5, 0.6) is 0 Å². The third-order valence-electron chi connectivity index (χ3n) is 4.53. The van der Waals surface area contributed by atoms with E-state index in [4.69, 9.17) is 10.00 Å². The Kier molecular flexibility index (Phi) is 8.70. The van der Waals surface area contributed by atoms with Crippen LogP contribution in [0.4, 0.5) is 11.4 Å². The second kappa shape index (κ2) is 11.0. The Bertz CT molecular complexity index is 768. The maximum absolute atomic E-state index is 12.4. The van der Waals surface area contributed by atoms with E-state index >= 15 is 0 Å². The third kappa shape index (κ3) is 6.78. The van der Waals surface area contributed by atoms with E-state index in [2.05, 4.69) is 10.2 Å². The highest BCUT2D eigenvalue weighted by Gasteiger charge is 2.22. The predicted molar refractivity (Wildman–Crippen MR) is 109 cm³/mol. The zero-order valence-corrected chi connectivity index (χ0v) is 17.1. The predicted octanol–water partition coefficient (Wildman–Crippen LogP) is 1.81. The lowest BCUT2D eigenvalue weighted by atomic mass is 10.2. The van der Waals surface area contributed by atoms with Gasteiger partial charge in [0.25, 0.3) is 0 Å². The average Bonchev–Trinajstić information content (AvgIpc) is 2.70. The van der Waals surface area contributed by atoms with Crippen LogP contribution in [0, 0.1) is 11.3 Å². The van der Waals surface area contributed by atoms with Crippen molar-refractivity contribution < 1.29 is 17.9 Å². The fraction of sp³-hybridized carbons (Fsp3) is 0.579. The first kappa shape index (κ1) is 22.1.